The molecule has 0 spiro atoms. The zero-order valence-corrected chi connectivity index (χ0v) is 11.2. The molecule has 0 saturated heterocycles. The number of benzene rings is 1. The van der Waals surface area contributed by atoms with Gasteiger partial charge in [-0.2, -0.15) is 8.42 Å². The van der Waals surface area contributed by atoms with Gasteiger partial charge in [0.25, 0.3) is 10.0 Å². The number of carbonyl (C=O) groups is 1. The molecule has 0 saturated carbocycles. The van der Waals surface area contributed by atoms with Crippen LogP contribution < -0.4 is 10.5 Å². The lowest BCUT2D eigenvalue weighted by Crippen LogP contribution is -2.16. The second-order valence-corrected chi connectivity index (χ2v) is 5.65. The van der Waals surface area contributed by atoms with Crippen molar-refractivity contribution in [1.82, 2.24) is 9.97 Å². The molecule has 0 atom stereocenters. The van der Waals surface area contributed by atoms with Crippen molar-refractivity contribution in [1.29, 1.82) is 0 Å². The van der Waals surface area contributed by atoms with Gasteiger partial charge in [0.1, 0.15) is 11.6 Å². The fourth-order valence-corrected chi connectivity index (χ4v) is 2.52. The highest BCUT2D eigenvalue weighted by Gasteiger charge is 2.19. The molecule has 0 bridgehead atoms. The van der Waals surface area contributed by atoms with Gasteiger partial charge in [0.2, 0.25) is 5.91 Å². The van der Waals surface area contributed by atoms with Gasteiger partial charge in [-0.1, -0.05) is 0 Å². The Balaban J connectivity index is 2.39. The molecule has 0 unspecified atom stereocenters. The van der Waals surface area contributed by atoms with Crippen molar-refractivity contribution >= 4 is 21.6 Å². The number of imidazole rings is 1. The fraction of sp³-hybridized carbons (Fsp3) is 0.0909. The standard InChI is InChI=1S/C11H11FN4O3S/c1-6-14-5-10(15-6)20(18,19)16-9-4-7(11(13)17)2-3-8(9)12/h2-5,16H,1H3,(H2,13,17)(H,14,15). The molecule has 4 N–H and O–H groups in total. The molecule has 9 heteroatoms. The van der Waals surface area contributed by atoms with Crippen LogP contribution in [0.4, 0.5) is 10.1 Å². The maximum absolute atomic E-state index is 13.6. The van der Waals surface area contributed by atoms with E-state index in [0.717, 1.165) is 24.4 Å². The zero-order chi connectivity index (χ0) is 14.9. The van der Waals surface area contributed by atoms with E-state index >= 15 is 0 Å². The fourth-order valence-electron chi connectivity index (χ4n) is 1.49. The van der Waals surface area contributed by atoms with Crippen molar-refractivity contribution < 1.29 is 17.6 Å². The molecule has 20 heavy (non-hydrogen) atoms. The van der Waals surface area contributed by atoms with Crippen molar-refractivity contribution in [2.45, 2.75) is 11.9 Å². The molecule has 2 rings (SSSR count). The van der Waals surface area contributed by atoms with Crippen molar-refractivity contribution in [2.24, 2.45) is 5.73 Å². The summed E-state index contributed by atoms with van der Waals surface area (Å²) in [7, 11) is -4.02. The first-order valence-corrected chi connectivity index (χ1v) is 6.92. The number of amides is 1. The number of aromatic nitrogens is 2. The quantitative estimate of drug-likeness (QED) is 0.772. The number of sulfonamides is 1. The molecule has 0 radical (unpaired) electrons. The Bertz CT molecular complexity index is 770. The SMILES string of the molecule is Cc1ncc(S(=O)(=O)Nc2cc(C(N)=O)ccc2F)[nH]1. The highest BCUT2D eigenvalue weighted by Crippen LogP contribution is 2.19. The topological polar surface area (TPSA) is 118 Å². The number of H-pyrrole nitrogens is 1. The number of nitrogens with one attached hydrogen (secondary N) is 2. The molecule has 106 valence electrons. The first-order valence-electron chi connectivity index (χ1n) is 5.43. The predicted octanol–water partition coefficient (Wildman–Crippen LogP) is 0.757. The van der Waals surface area contributed by atoms with Gasteiger partial charge >= 0.3 is 0 Å². The molecule has 2 aromatic rings. The minimum Gasteiger partial charge on any atom is -0.366 e. The maximum Gasteiger partial charge on any atom is 0.279 e. The van der Waals surface area contributed by atoms with E-state index in [9.17, 15) is 17.6 Å². The lowest BCUT2D eigenvalue weighted by Gasteiger charge is -2.08. The molecule has 1 amide bonds. The summed E-state index contributed by atoms with van der Waals surface area (Å²) in [5.41, 5.74) is 4.68. The number of primary amides is 1. The number of hydrogen-bond donors (Lipinski definition) is 3. The second kappa shape index (κ2) is 4.93. The molecule has 0 aliphatic carbocycles. The number of aromatic amines is 1. The summed E-state index contributed by atoms with van der Waals surface area (Å²) in [6, 6.07) is 3.14. The summed E-state index contributed by atoms with van der Waals surface area (Å²) in [5.74, 6) is -1.21. The molecule has 0 fully saturated rings. The van der Waals surface area contributed by atoms with Crippen molar-refractivity contribution in [3.63, 3.8) is 0 Å². The predicted molar refractivity (Wildman–Crippen MR) is 69.1 cm³/mol. The van der Waals surface area contributed by atoms with Crippen molar-refractivity contribution in [2.75, 3.05) is 4.72 Å². The van der Waals surface area contributed by atoms with Crippen LogP contribution in [0.5, 0.6) is 0 Å². The van der Waals surface area contributed by atoms with Gasteiger partial charge in [-0.3, -0.25) is 9.52 Å². The van der Waals surface area contributed by atoms with Gasteiger partial charge in [-0.05, 0) is 25.1 Å². The van der Waals surface area contributed by atoms with Crippen molar-refractivity contribution in [3.8, 4) is 0 Å². The molecule has 7 nitrogen and oxygen atoms in total. The Morgan fingerprint density at radius 2 is 2.15 bits per heavy atom. The number of nitrogens with two attached hydrogens (primary N) is 1. The molecule has 0 aliphatic rings. The molecule has 1 heterocycles. The number of rotatable bonds is 4. The van der Waals surface area contributed by atoms with Crippen LogP contribution in [0.25, 0.3) is 0 Å². The minimum absolute atomic E-state index is 0.00936. The minimum atomic E-state index is -4.02. The summed E-state index contributed by atoms with van der Waals surface area (Å²) in [6.45, 7) is 1.58. The average Bonchev–Trinajstić information content (AvgIpc) is 2.79. The van der Waals surface area contributed by atoms with Gasteiger partial charge in [0.05, 0.1) is 11.9 Å². The van der Waals surface area contributed by atoms with E-state index in [0.29, 0.717) is 5.82 Å². The van der Waals surface area contributed by atoms with Crippen LogP contribution in [0.15, 0.2) is 29.4 Å². The van der Waals surface area contributed by atoms with E-state index in [1.54, 1.807) is 6.92 Å². The van der Waals surface area contributed by atoms with Gasteiger partial charge in [0, 0.05) is 5.56 Å². The van der Waals surface area contributed by atoms with Crippen LogP contribution >= 0.6 is 0 Å². The number of anilines is 1. The van der Waals surface area contributed by atoms with Crippen LogP contribution in [0, 0.1) is 12.7 Å². The van der Waals surface area contributed by atoms with E-state index in [2.05, 4.69) is 9.97 Å². The number of hydrogen-bond acceptors (Lipinski definition) is 4. The highest BCUT2D eigenvalue weighted by molar-refractivity contribution is 7.92. The lowest BCUT2D eigenvalue weighted by molar-refractivity contribution is 0.100. The average molecular weight is 298 g/mol. The van der Waals surface area contributed by atoms with Crippen LogP contribution in [0.3, 0.4) is 0 Å². The molecular formula is C11H11FN4O3S. The van der Waals surface area contributed by atoms with E-state index in [1.807, 2.05) is 4.72 Å². The third-order valence-corrected chi connectivity index (χ3v) is 3.74. The Morgan fingerprint density at radius 1 is 1.45 bits per heavy atom. The van der Waals surface area contributed by atoms with E-state index in [1.165, 1.54) is 0 Å². The normalized spacial score (nSPS) is 11.3. The van der Waals surface area contributed by atoms with E-state index in [-0.39, 0.29) is 16.3 Å². The van der Waals surface area contributed by atoms with Crippen LogP contribution in [-0.2, 0) is 10.0 Å². The summed E-state index contributed by atoms with van der Waals surface area (Å²) in [5, 5.41) is -0.209. The number of halogens is 1. The maximum atomic E-state index is 13.6. The first kappa shape index (κ1) is 14.0. The number of carbonyl (C=O) groups excluding carboxylic acids is 1. The Kier molecular flexibility index (Phi) is 3.45. The second-order valence-electron chi connectivity index (χ2n) is 4.00. The van der Waals surface area contributed by atoms with Gasteiger partial charge in [-0.15, -0.1) is 0 Å². The third-order valence-electron chi connectivity index (χ3n) is 2.46. The lowest BCUT2D eigenvalue weighted by atomic mass is 10.2. The Hall–Kier alpha value is -2.42. The third kappa shape index (κ3) is 2.77. The Morgan fingerprint density at radius 3 is 2.70 bits per heavy atom. The number of aryl methyl sites for hydroxylation is 1. The van der Waals surface area contributed by atoms with Crippen LogP contribution in [0.1, 0.15) is 16.2 Å². The van der Waals surface area contributed by atoms with Gasteiger partial charge in [-0.25, -0.2) is 9.37 Å². The van der Waals surface area contributed by atoms with E-state index in [4.69, 9.17) is 5.73 Å². The summed E-state index contributed by atoms with van der Waals surface area (Å²) >= 11 is 0. The number of nitrogens with zero attached hydrogens (tertiary/aromatic N) is 1. The Labute approximate surface area is 114 Å². The monoisotopic (exact) mass is 298 g/mol. The molecular weight excluding hydrogens is 287 g/mol. The summed E-state index contributed by atoms with van der Waals surface area (Å²) < 4.78 is 39.6. The van der Waals surface area contributed by atoms with Crippen molar-refractivity contribution in [3.05, 3.63) is 41.6 Å². The molecule has 0 aliphatic heterocycles. The summed E-state index contributed by atoms with van der Waals surface area (Å²) in [4.78, 5) is 17.3. The zero-order valence-electron chi connectivity index (χ0n) is 10.3. The van der Waals surface area contributed by atoms with Crippen LogP contribution in [0.2, 0.25) is 0 Å². The van der Waals surface area contributed by atoms with Crippen LogP contribution in [-0.4, -0.2) is 24.3 Å². The van der Waals surface area contributed by atoms with E-state index < -0.39 is 21.7 Å². The van der Waals surface area contributed by atoms with Gasteiger partial charge < -0.3 is 10.7 Å². The summed E-state index contributed by atoms with van der Waals surface area (Å²) in [6.07, 6.45) is 1.10. The smallest absolute Gasteiger partial charge is 0.279 e. The van der Waals surface area contributed by atoms with Gasteiger partial charge in [0.15, 0.2) is 5.03 Å². The highest BCUT2D eigenvalue weighted by atomic mass is 32.2. The largest absolute Gasteiger partial charge is 0.366 e. The molecule has 1 aromatic carbocycles. The molecule has 1 aromatic heterocycles. The first-order chi connectivity index (χ1) is 9.29.